The maximum Gasteiger partial charge on any atom is 0.326 e. The van der Waals surface area contributed by atoms with Gasteiger partial charge in [-0.1, -0.05) is 19.9 Å². The van der Waals surface area contributed by atoms with Gasteiger partial charge in [0, 0.05) is 6.04 Å². The van der Waals surface area contributed by atoms with Crippen LogP contribution in [0, 0.1) is 0 Å². The molecule has 0 aromatic carbocycles. The van der Waals surface area contributed by atoms with E-state index in [2.05, 4.69) is 36.0 Å². The molecule has 0 saturated carbocycles. The normalized spacial score (nSPS) is 13.5. The fraction of sp³-hybridized carbons (Fsp3) is 0.733. The lowest BCUT2D eigenvalue weighted by Crippen LogP contribution is -2.48. The summed E-state index contributed by atoms with van der Waals surface area (Å²) in [6.07, 6.45) is 3.55. The summed E-state index contributed by atoms with van der Waals surface area (Å²) in [5.41, 5.74) is 0. The van der Waals surface area contributed by atoms with Crippen molar-refractivity contribution in [1.29, 1.82) is 0 Å². The van der Waals surface area contributed by atoms with Crippen LogP contribution < -0.4 is 10.6 Å². The summed E-state index contributed by atoms with van der Waals surface area (Å²) in [6.45, 7) is 12.7. The van der Waals surface area contributed by atoms with Crippen LogP contribution in [0.25, 0.3) is 0 Å². The Kier molecular flexibility index (Phi) is 10.3. The van der Waals surface area contributed by atoms with Crippen LogP contribution in [0.5, 0.6) is 0 Å². The standard InChI is InChI=1S/C15H29N3O3/c1-5-9-13(14(19)20)17-15(21)16-12(4)10-8-11-18(6-2)7-3/h5,12-13H,1,6-11H2,2-4H3,(H,19,20)(H2,16,17,21). The van der Waals surface area contributed by atoms with Crippen LogP contribution in [-0.2, 0) is 4.79 Å². The van der Waals surface area contributed by atoms with Gasteiger partial charge in [0.25, 0.3) is 0 Å². The molecule has 2 unspecified atom stereocenters. The van der Waals surface area contributed by atoms with Crippen molar-refractivity contribution in [2.45, 2.75) is 52.1 Å². The smallest absolute Gasteiger partial charge is 0.326 e. The Morgan fingerprint density at radius 1 is 1.29 bits per heavy atom. The minimum absolute atomic E-state index is 0.0127. The van der Waals surface area contributed by atoms with Gasteiger partial charge >= 0.3 is 12.0 Å². The van der Waals surface area contributed by atoms with Crippen LogP contribution in [0.3, 0.4) is 0 Å². The van der Waals surface area contributed by atoms with Crippen LogP contribution in [0.2, 0.25) is 0 Å². The zero-order valence-electron chi connectivity index (χ0n) is 13.4. The zero-order chi connectivity index (χ0) is 16.3. The largest absolute Gasteiger partial charge is 0.480 e. The van der Waals surface area contributed by atoms with Crippen LogP contribution in [-0.4, -0.2) is 53.7 Å². The molecule has 0 heterocycles. The molecule has 0 rings (SSSR count). The van der Waals surface area contributed by atoms with Gasteiger partial charge in [0.1, 0.15) is 6.04 Å². The van der Waals surface area contributed by atoms with E-state index in [1.54, 1.807) is 0 Å². The number of carboxylic acids is 1. The summed E-state index contributed by atoms with van der Waals surface area (Å²) in [7, 11) is 0. The third-order valence-electron chi connectivity index (χ3n) is 3.39. The number of hydrogen-bond acceptors (Lipinski definition) is 3. The number of nitrogens with zero attached hydrogens (tertiary/aromatic N) is 1. The van der Waals surface area contributed by atoms with E-state index in [9.17, 15) is 9.59 Å². The molecule has 0 radical (unpaired) electrons. The van der Waals surface area contributed by atoms with Crippen molar-refractivity contribution in [3.05, 3.63) is 12.7 Å². The highest BCUT2D eigenvalue weighted by atomic mass is 16.4. The number of carboxylic acid groups (broad SMARTS) is 1. The van der Waals surface area contributed by atoms with Crippen molar-refractivity contribution in [2.24, 2.45) is 0 Å². The number of aliphatic carboxylic acids is 1. The molecule has 122 valence electrons. The molecule has 6 heteroatoms. The summed E-state index contributed by atoms with van der Waals surface area (Å²) in [5, 5.41) is 14.2. The van der Waals surface area contributed by atoms with Gasteiger partial charge in [0.15, 0.2) is 0 Å². The van der Waals surface area contributed by atoms with Gasteiger partial charge in [-0.3, -0.25) is 0 Å². The number of rotatable bonds is 11. The minimum Gasteiger partial charge on any atom is -0.480 e. The number of hydrogen-bond donors (Lipinski definition) is 3. The first-order valence-corrected chi connectivity index (χ1v) is 7.57. The predicted molar refractivity (Wildman–Crippen MR) is 84.4 cm³/mol. The predicted octanol–water partition coefficient (Wildman–Crippen LogP) is 1.83. The van der Waals surface area contributed by atoms with E-state index in [0.717, 1.165) is 32.5 Å². The van der Waals surface area contributed by atoms with E-state index in [1.807, 2.05) is 6.92 Å². The molecule has 2 atom stereocenters. The first kappa shape index (κ1) is 19.4. The summed E-state index contributed by atoms with van der Waals surface area (Å²) in [4.78, 5) is 25.0. The van der Waals surface area contributed by atoms with Crippen molar-refractivity contribution >= 4 is 12.0 Å². The lowest BCUT2D eigenvalue weighted by molar-refractivity contribution is -0.139. The molecule has 0 aliphatic carbocycles. The molecule has 0 aliphatic heterocycles. The first-order chi connectivity index (χ1) is 9.94. The van der Waals surface area contributed by atoms with Gasteiger partial charge in [0.2, 0.25) is 0 Å². The SMILES string of the molecule is C=CCC(NC(=O)NC(C)CCCN(CC)CC)C(=O)O. The van der Waals surface area contributed by atoms with Crippen molar-refractivity contribution < 1.29 is 14.7 Å². The van der Waals surface area contributed by atoms with E-state index < -0.39 is 18.0 Å². The molecule has 0 fully saturated rings. The molecule has 3 N–H and O–H groups in total. The van der Waals surface area contributed by atoms with Gasteiger partial charge in [0.05, 0.1) is 0 Å². The second-order valence-corrected chi connectivity index (χ2v) is 5.10. The van der Waals surface area contributed by atoms with Crippen molar-refractivity contribution in [2.75, 3.05) is 19.6 Å². The van der Waals surface area contributed by atoms with E-state index in [0.29, 0.717) is 0 Å². The lowest BCUT2D eigenvalue weighted by atomic mass is 10.1. The number of carbonyl (C=O) groups excluding carboxylic acids is 1. The quantitative estimate of drug-likeness (QED) is 0.508. The molecular formula is C15H29N3O3. The van der Waals surface area contributed by atoms with E-state index in [1.165, 1.54) is 6.08 Å². The van der Waals surface area contributed by atoms with Gasteiger partial charge < -0.3 is 20.6 Å². The molecule has 0 saturated heterocycles. The van der Waals surface area contributed by atoms with Gasteiger partial charge in [-0.15, -0.1) is 6.58 Å². The maximum absolute atomic E-state index is 11.7. The number of urea groups is 1. The van der Waals surface area contributed by atoms with Crippen LogP contribution in [0.1, 0.15) is 40.0 Å². The topological polar surface area (TPSA) is 81.7 Å². The Morgan fingerprint density at radius 2 is 1.90 bits per heavy atom. The number of amides is 2. The highest BCUT2D eigenvalue weighted by molar-refractivity contribution is 5.82. The van der Waals surface area contributed by atoms with E-state index in [-0.39, 0.29) is 12.5 Å². The van der Waals surface area contributed by atoms with Gasteiger partial charge in [-0.05, 0) is 45.8 Å². The van der Waals surface area contributed by atoms with E-state index >= 15 is 0 Å². The Morgan fingerprint density at radius 3 is 2.38 bits per heavy atom. The third kappa shape index (κ3) is 9.07. The number of carbonyl (C=O) groups is 2. The average Bonchev–Trinajstić information content (AvgIpc) is 2.43. The highest BCUT2D eigenvalue weighted by Crippen LogP contribution is 2.00. The molecule has 0 bridgehead atoms. The Hall–Kier alpha value is -1.56. The molecule has 0 aromatic heterocycles. The second-order valence-electron chi connectivity index (χ2n) is 5.10. The molecule has 0 spiro atoms. The van der Waals surface area contributed by atoms with Crippen LogP contribution in [0.4, 0.5) is 4.79 Å². The molecule has 2 amide bonds. The zero-order valence-corrected chi connectivity index (χ0v) is 13.4. The molecular weight excluding hydrogens is 270 g/mol. The van der Waals surface area contributed by atoms with Crippen molar-refractivity contribution in [1.82, 2.24) is 15.5 Å². The minimum atomic E-state index is -1.06. The number of nitrogens with one attached hydrogen (secondary N) is 2. The van der Waals surface area contributed by atoms with Gasteiger partial charge in [-0.2, -0.15) is 0 Å². The summed E-state index contributed by atoms with van der Waals surface area (Å²) < 4.78 is 0. The lowest BCUT2D eigenvalue weighted by Gasteiger charge is -2.20. The fourth-order valence-electron chi connectivity index (χ4n) is 2.04. The Labute approximate surface area is 127 Å². The highest BCUT2D eigenvalue weighted by Gasteiger charge is 2.18. The van der Waals surface area contributed by atoms with Crippen molar-refractivity contribution in [3.63, 3.8) is 0 Å². The first-order valence-electron chi connectivity index (χ1n) is 7.57. The molecule has 0 aliphatic rings. The van der Waals surface area contributed by atoms with Crippen LogP contribution in [0.15, 0.2) is 12.7 Å². The molecule has 6 nitrogen and oxygen atoms in total. The molecule has 0 aromatic rings. The maximum atomic E-state index is 11.7. The third-order valence-corrected chi connectivity index (χ3v) is 3.39. The summed E-state index contributed by atoms with van der Waals surface area (Å²) in [5.74, 6) is -1.06. The van der Waals surface area contributed by atoms with Crippen molar-refractivity contribution in [3.8, 4) is 0 Å². The summed E-state index contributed by atoms with van der Waals surface area (Å²) >= 11 is 0. The van der Waals surface area contributed by atoms with Crippen LogP contribution >= 0.6 is 0 Å². The summed E-state index contributed by atoms with van der Waals surface area (Å²) in [6, 6.07) is -1.36. The Bertz CT molecular complexity index is 330. The van der Waals surface area contributed by atoms with Gasteiger partial charge in [-0.25, -0.2) is 9.59 Å². The Balaban J connectivity index is 4.02. The molecule has 21 heavy (non-hydrogen) atoms. The average molecular weight is 299 g/mol. The van der Waals surface area contributed by atoms with E-state index in [4.69, 9.17) is 5.11 Å². The monoisotopic (exact) mass is 299 g/mol. The second kappa shape index (κ2) is 11.1. The fourth-order valence-corrected chi connectivity index (χ4v) is 2.04.